The van der Waals surface area contributed by atoms with Gasteiger partial charge in [0.2, 0.25) is 0 Å². The molecule has 0 unspecified atom stereocenters. The smallest absolute Gasteiger partial charge is 0.0544 e. The van der Waals surface area contributed by atoms with Crippen molar-refractivity contribution in [3.63, 3.8) is 0 Å². The van der Waals surface area contributed by atoms with Crippen molar-refractivity contribution in [1.29, 1.82) is 0 Å². The van der Waals surface area contributed by atoms with E-state index in [2.05, 4.69) is 34.4 Å². The summed E-state index contributed by atoms with van der Waals surface area (Å²) in [4.78, 5) is 7.07. The van der Waals surface area contributed by atoms with Crippen LogP contribution < -0.4 is 5.32 Å². The van der Waals surface area contributed by atoms with Crippen LogP contribution in [-0.2, 0) is 13.1 Å². The first-order valence-corrected chi connectivity index (χ1v) is 7.58. The molecule has 1 aliphatic carbocycles. The standard InChI is InChI=1S/C16H27N3/c1-17-11-14-9-10-15(18-12-14)13-19(2)16-7-5-3-4-6-8-16/h9-10,12,16-17H,3-8,11,13H2,1-2H3. The van der Waals surface area contributed by atoms with Crippen LogP contribution in [0.5, 0.6) is 0 Å². The molecule has 1 saturated carbocycles. The molecule has 1 fully saturated rings. The van der Waals surface area contributed by atoms with Crippen molar-refractivity contribution < 1.29 is 0 Å². The van der Waals surface area contributed by atoms with Crippen molar-refractivity contribution in [3.05, 3.63) is 29.6 Å². The van der Waals surface area contributed by atoms with Crippen LogP contribution >= 0.6 is 0 Å². The van der Waals surface area contributed by atoms with Crippen molar-refractivity contribution in [3.8, 4) is 0 Å². The molecule has 0 saturated heterocycles. The Balaban J connectivity index is 1.88. The van der Waals surface area contributed by atoms with Crippen molar-refractivity contribution in [1.82, 2.24) is 15.2 Å². The van der Waals surface area contributed by atoms with Gasteiger partial charge in [0.1, 0.15) is 0 Å². The minimum Gasteiger partial charge on any atom is -0.316 e. The molecule has 1 aromatic rings. The zero-order valence-electron chi connectivity index (χ0n) is 12.4. The molecule has 106 valence electrons. The molecule has 1 aliphatic rings. The van der Waals surface area contributed by atoms with E-state index < -0.39 is 0 Å². The maximum atomic E-state index is 4.57. The summed E-state index contributed by atoms with van der Waals surface area (Å²) in [6.07, 6.45) is 10.3. The molecule has 0 spiro atoms. The van der Waals surface area contributed by atoms with Gasteiger partial charge in [-0.15, -0.1) is 0 Å². The highest BCUT2D eigenvalue weighted by Gasteiger charge is 2.17. The zero-order chi connectivity index (χ0) is 13.5. The number of nitrogens with zero attached hydrogens (tertiary/aromatic N) is 2. The van der Waals surface area contributed by atoms with Gasteiger partial charge in [-0.2, -0.15) is 0 Å². The van der Waals surface area contributed by atoms with Crippen LogP contribution in [-0.4, -0.2) is 30.0 Å². The van der Waals surface area contributed by atoms with Crippen molar-refractivity contribution in [2.75, 3.05) is 14.1 Å². The number of aromatic nitrogens is 1. The molecule has 3 heteroatoms. The number of nitrogens with one attached hydrogen (secondary N) is 1. The minimum absolute atomic E-state index is 0.751. The summed E-state index contributed by atoms with van der Waals surface area (Å²) < 4.78 is 0. The molecule has 0 radical (unpaired) electrons. The SMILES string of the molecule is CNCc1ccc(CN(C)C2CCCCCC2)nc1. The highest BCUT2D eigenvalue weighted by Crippen LogP contribution is 2.21. The van der Waals surface area contributed by atoms with Gasteiger partial charge in [0.15, 0.2) is 0 Å². The fourth-order valence-electron chi connectivity index (χ4n) is 2.94. The van der Waals surface area contributed by atoms with Gasteiger partial charge in [0, 0.05) is 25.3 Å². The molecule has 0 amide bonds. The average molecular weight is 261 g/mol. The lowest BCUT2D eigenvalue weighted by Crippen LogP contribution is -2.31. The monoisotopic (exact) mass is 261 g/mol. The second-order valence-electron chi connectivity index (χ2n) is 5.75. The Morgan fingerprint density at radius 3 is 2.53 bits per heavy atom. The number of hydrogen-bond donors (Lipinski definition) is 1. The summed E-state index contributed by atoms with van der Waals surface area (Å²) in [5.74, 6) is 0. The Morgan fingerprint density at radius 1 is 1.21 bits per heavy atom. The second-order valence-corrected chi connectivity index (χ2v) is 5.75. The summed E-state index contributed by atoms with van der Waals surface area (Å²) in [5.41, 5.74) is 2.44. The molecule has 1 N–H and O–H groups in total. The predicted octanol–water partition coefficient (Wildman–Crippen LogP) is 2.96. The van der Waals surface area contributed by atoms with Crippen LogP contribution in [0, 0.1) is 0 Å². The van der Waals surface area contributed by atoms with Crippen molar-refractivity contribution in [2.24, 2.45) is 0 Å². The van der Waals surface area contributed by atoms with Gasteiger partial charge < -0.3 is 5.32 Å². The van der Waals surface area contributed by atoms with Crippen LogP contribution in [0.3, 0.4) is 0 Å². The third-order valence-electron chi connectivity index (χ3n) is 4.13. The molecule has 0 aliphatic heterocycles. The lowest BCUT2D eigenvalue weighted by molar-refractivity contribution is 0.211. The van der Waals surface area contributed by atoms with E-state index in [0.29, 0.717) is 0 Å². The highest BCUT2D eigenvalue weighted by atomic mass is 15.1. The first kappa shape index (κ1) is 14.5. The number of pyridine rings is 1. The van der Waals surface area contributed by atoms with Crippen LogP contribution in [0.25, 0.3) is 0 Å². The lowest BCUT2D eigenvalue weighted by atomic mass is 10.1. The summed E-state index contributed by atoms with van der Waals surface area (Å²) in [7, 11) is 4.22. The third kappa shape index (κ3) is 4.59. The van der Waals surface area contributed by atoms with E-state index in [4.69, 9.17) is 0 Å². The van der Waals surface area contributed by atoms with E-state index in [1.54, 1.807) is 0 Å². The van der Waals surface area contributed by atoms with Crippen molar-refractivity contribution in [2.45, 2.75) is 57.7 Å². The van der Waals surface area contributed by atoms with E-state index >= 15 is 0 Å². The van der Waals surface area contributed by atoms with E-state index in [0.717, 1.165) is 19.1 Å². The number of hydrogen-bond acceptors (Lipinski definition) is 3. The summed E-state index contributed by atoms with van der Waals surface area (Å²) in [6.45, 7) is 1.87. The topological polar surface area (TPSA) is 28.2 Å². The van der Waals surface area contributed by atoms with Crippen LogP contribution in [0.15, 0.2) is 18.3 Å². The summed E-state index contributed by atoms with van der Waals surface area (Å²) in [6, 6.07) is 5.10. The van der Waals surface area contributed by atoms with E-state index in [9.17, 15) is 0 Å². The zero-order valence-corrected chi connectivity index (χ0v) is 12.4. The van der Waals surface area contributed by atoms with Crippen LogP contribution in [0.1, 0.15) is 49.8 Å². The molecule has 0 aromatic carbocycles. The Labute approximate surface area is 117 Å². The van der Waals surface area contributed by atoms with Gasteiger partial charge in [0.25, 0.3) is 0 Å². The second kappa shape index (κ2) is 7.61. The minimum atomic E-state index is 0.751. The maximum absolute atomic E-state index is 4.57. The Kier molecular flexibility index (Phi) is 5.80. The van der Waals surface area contributed by atoms with Crippen LogP contribution in [0.4, 0.5) is 0 Å². The first-order valence-electron chi connectivity index (χ1n) is 7.58. The van der Waals surface area contributed by atoms with Gasteiger partial charge in [-0.1, -0.05) is 31.7 Å². The molecular weight excluding hydrogens is 234 g/mol. The van der Waals surface area contributed by atoms with Gasteiger partial charge in [0.05, 0.1) is 5.69 Å². The van der Waals surface area contributed by atoms with Gasteiger partial charge >= 0.3 is 0 Å². The Morgan fingerprint density at radius 2 is 1.95 bits per heavy atom. The van der Waals surface area contributed by atoms with E-state index in [-0.39, 0.29) is 0 Å². The number of rotatable bonds is 5. The molecule has 2 rings (SSSR count). The summed E-state index contributed by atoms with van der Waals surface area (Å²) in [5, 5.41) is 3.15. The van der Waals surface area contributed by atoms with E-state index in [1.807, 2.05) is 13.2 Å². The fourth-order valence-corrected chi connectivity index (χ4v) is 2.94. The molecule has 1 heterocycles. The van der Waals surface area contributed by atoms with Gasteiger partial charge in [-0.05, 0) is 38.6 Å². The summed E-state index contributed by atoms with van der Waals surface area (Å²) >= 11 is 0. The normalized spacial score (nSPS) is 17.6. The molecular formula is C16H27N3. The fraction of sp³-hybridized carbons (Fsp3) is 0.688. The largest absolute Gasteiger partial charge is 0.316 e. The van der Waals surface area contributed by atoms with E-state index in [1.165, 1.54) is 49.8 Å². The Bertz CT molecular complexity index is 353. The van der Waals surface area contributed by atoms with Gasteiger partial charge in [-0.3, -0.25) is 9.88 Å². The van der Waals surface area contributed by atoms with Crippen LogP contribution in [0.2, 0.25) is 0 Å². The maximum Gasteiger partial charge on any atom is 0.0544 e. The molecule has 0 atom stereocenters. The molecule has 19 heavy (non-hydrogen) atoms. The quantitative estimate of drug-likeness (QED) is 0.826. The lowest BCUT2D eigenvalue weighted by Gasteiger charge is -2.26. The predicted molar refractivity (Wildman–Crippen MR) is 80.0 cm³/mol. The average Bonchev–Trinajstić information content (AvgIpc) is 2.70. The highest BCUT2D eigenvalue weighted by molar-refractivity contribution is 5.13. The van der Waals surface area contributed by atoms with Crippen molar-refractivity contribution >= 4 is 0 Å². The third-order valence-corrected chi connectivity index (χ3v) is 4.13. The molecule has 0 bridgehead atoms. The molecule has 3 nitrogen and oxygen atoms in total. The molecule has 1 aromatic heterocycles. The van der Waals surface area contributed by atoms with Gasteiger partial charge in [-0.25, -0.2) is 0 Å². The Hall–Kier alpha value is -0.930. The first-order chi connectivity index (χ1) is 9.29.